The van der Waals surface area contributed by atoms with Gasteiger partial charge in [-0.25, -0.2) is 4.98 Å². The Morgan fingerprint density at radius 1 is 1.29 bits per heavy atom. The molecule has 0 aliphatic rings. The number of para-hydroxylation sites is 1. The van der Waals surface area contributed by atoms with Crippen LogP contribution in [0, 0.1) is 10.1 Å². The average Bonchev–Trinajstić information content (AvgIpc) is 2.68. The molecule has 0 atom stereocenters. The lowest BCUT2D eigenvalue weighted by molar-refractivity contribution is -0.385. The minimum atomic E-state index is -0.408. The first-order chi connectivity index (χ1) is 13.5. The van der Waals surface area contributed by atoms with E-state index < -0.39 is 4.92 Å². The van der Waals surface area contributed by atoms with Gasteiger partial charge in [0.25, 0.3) is 11.2 Å². The van der Waals surface area contributed by atoms with E-state index in [1.807, 2.05) is 0 Å². The fourth-order valence-electron chi connectivity index (χ4n) is 2.80. The van der Waals surface area contributed by atoms with E-state index in [4.69, 9.17) is 16.3 Å². The van der Waals surface area contributed by atoms with Gasteiger partial charge in [-0.1, -0.05) is 41.6 Å². The number of halogens is 1. The monoisotopic (exact) mass is 419 g/mol. The fraction of sp³-hybridized carbons (Fsp3) is 0.263. The summed E-state index contributed by atoms with van der Waals surface area (Å²) in [6, 6.07) is 11.5. The second-order valence-electron chi connectivity index (χ2n) is 6.03. The van der Waals surface area contributed by atoms with Gasteiger partial charge in [-0.2, -0.15) is 0 Å². The van der Waals surface area contributed by atoms with E-state index in [2.05, 4.69) is 4.98 Å². The van der Waals surface area contributed by atoms with Gasteiger partial charge in [0.2, 0.25) is 0 Å². The third kappa shape index (κ3) is 4.52. The van der Waals surface area contributed by atoms with Crippen molar-refractivity contribution in [2.45, 2.75) is 23.9 Å². The minimum Gasteiger partial charge on any atom is -0.385 e. The highest BCUT2D eigenvalue weighted by atomic mass is 35.5. The molecule has 0 bridgehead atoms. The smallest absolute Gasteiger partial charge is 0.273 e. The van der Waals surface area contributed by atoms with Crippen molar-refractivity contribution >= 4 is 40.0 Å². The maximum absolute atomic E-state index is 13.0. The highest BCUT2D eigenvalue weighted by molar-refractivity contribution is 7.98. The van der Waals surface area contributed by atoms with E-state index in [0.717, 1.165) is 0 Å². The molecule has 0 aliphatic carbocycles. The van der Waals surface area contributed by atoms with E-state index in [0.29, 0.717) is 52.0 Å². The molecule has 7 nitrogen and oxygen atoms in total. The Balaban J connectivity index is 1.99. The lowest BCUT2D eigenvalue weighted by Gasteiger charge is -2.13. The summed E-state index contributed by atoms with van der Waals surface area (Å²) in [6.07, 6.45) is 0.649. The van der Waals surface area contributed by atoms with Crippen LogP contribution in [-0.2, 0) is 17.0 Å². The zero-order chi connectivity index (χ0) is 20.1. The molecule has 9 heteroatoms. The third-order valence-electron chi connectivity index (χ3n) is 4.16. The van der Waals surface area contributed by atoms with Crippen molar-refractivity contribution in [1.82, 2.24) is 9.55 Å². The molecular formula is C19H18ClN3O4S. The summed E-state index contributed by atoms with van der Waals surface area (Å²) < 4.78 is 6.67. The van der Waals surface area contributed by atoms with Crippen LogP contribution in [0.3, 0.4) is 0 Å². The molecular weight excluding hydrogens is 402 g/mol. The Kier molecular flexibility index (Phi) is 6.66. The summed E-state index contributed by atoms with van der Waals surface area (Å²) in [5, 5.41) is 12.7. The molecule has 0 fully saturated rings. The number of fused-ring (bicyclic) bond motifs is 1. The van der Waals surface area contributed by atoms with Crippen LogP contribution in [0.15, 0.2) is 52.4 Å². The van der Waals surface area contributed by atoms with Gasteiger partial charge in [0.1, 0.15) is 0 Å². The van der Waals surface area contributed by atoms with E-state index >= 15 is 0 Å². The predicted molar refractivity (Wildman–Crippen MR) is 110 cm³/mol. The van der Waals surface area contributed by atoms with Crippen molar-refractivity contribution in [3.8, 4) is 0 Å². The van der Waals surface area contributed by atoms with Crippen molar-refractivity contribution in [2.75, 3.05) is 13.7 Å². The number of nitrogens with zero attached hydrogens (tertiary/aromatic N) is 3. The summed E-state index contributed by atoms with van der Waals surface area (Å²) in [5.74, 6) is 0.319. The molecule has 3 aromatic rings. The molecule has 0 unspecified atom stereocenters. The molecule has 0 aliphatic heterocycles. The third-order valence-corrected chi connectivity index (χ3v) is 5.42. The van der Waals surface area contributed by atoms with Crippen LogP contribution in [0.5, 0.6) is 0 Å². The van der Waals surface area contributed by atoms with Crippen molar-refractivity contribution in [2.24, 2.45) is 0 Å². The lowest BCUT2D eigenvalue weighted by Crippen LogP contribution is -2.24. The van der Waals surface area contributed by atoms with Crippen LogP contribution in [0.2, 0.25) is 5.02 Å². The van der Waals surface area contributed by atoms with Gasteiger partial charge in [0.15, 0.2) is 5.16 Å². The van der Waals surface area contributed by atoms with E-state index in [-0.39, 0.29) is 11.2 Å². The number of aromatic nitrogens is 2. The number of thioether (sulfide) groups is 1. The normalized spacial score (nSPS) is 11.1. The number of benzene rings is 2. The second kappa shape index (κ2) is 9.18. The lowest BCUT2D eigenvalue weighted by atomic mass is 10.2. The highest BCUT2D eigenvalue weighted by Gasteiger charge is 2.16. The first kappa shape index (κ1) is 20.3. The summed E-state index contributed by atoms with van der Waals surface area (Å²) in [5.41, 5.74) is 0.960. The zero-order valence-corrected chi connectivity index (χ0v) is 16.7. The summed E-state index contributed by atoms with van der Waals surface area (Å²) in [7, 11) is 1.60. The van der Waals surface area contributed by atoms with E-state index in [1.165, 1.54) is 17.8 Å². The van der Waals surface area contributed by atoms with Crippen molar-refractivity contribution in [1.29, 1.82) is 0 Å². The van der Waals surface area contributed by atoms with Crippen LogP contribution in [0.25, 0.3) is 10.9 Å². The summed E-state index contributed by atoms with van der Waals surface area (Å²) >= 11 is 7.34. The molecule has 0 saturated carbocycles. The molecule has 1 aromatic heterocycles. The zero-order valence-electron chi connectivity index (χ0n) is 15.1. The van der Waals surface area contributed by atoms with Crippen LogP contribution in [0.1, 0.15) is 12.0 Å². The van der Waals surface area contributed by atoms with Crippen LogP contribution >= 0.6 is 23.4 Å². The Hall–Kier alpha value is -2.42. The van der Waals surface area contributed by atoms with Crippen molar-refractivity contribution < 1.29 is 9.66 Å². The maximum Gasteiger partial charge on any atom is 0.273 e. The number of nitro benzene ring substituents is 1. The number of hydrogen-bond acceptors (Lipinski definition) is 6. The molecule has 0 N–H and O–H groups in total. The van der Waals surface area contributed by atoms with Crippen molar-refractivity contribution in [3.63, 3.8) is 0 Å². The number of hydrogen-bond donors (Lipinski definition) is 0. The average molecular weight is 420 g/mol. The summed E-state index contributed by atoms with van der Waals surface area (Å²) in [4.78, 5) is 28.4. The molecule has 2 aromatic carbocycles. The SMILES string of the molecule is COCCCn1c(SCc2ccccc2[N+](=O)[O-])nc2cc(Cl)ccc2c1=O. The first-order valence-electron chi connectivity index (χ1n) is 8.55. The van der Waals surface area contributed by atoms with Gasteiger partial charge in [0, 0.05) is 42.7 Å². The standard InChI is InChI=1S/C19H18ClN3O4S/c1-27-10-4-9-22-18(24)15-8-7-14(20)11-16(15)21-19(22)28-12-13-5-2-3-6-17(13)23(25)26/h2-3,5-8,11H,4,9-10,12H2,1H3. The van der Waals surface area contributed by atoms with Crippen LogP contribution in [-0.4, -0.2) is 28.2 Å². The molecule has 0 radical (unpaired) electrons. The van der Waals surface area contributed by atoms with Gasteiger partial charge < -0.3 is 4.74 Å². The van der Waals surface area contributed by atoms with Gasteiger partial charge >= 0.3 is 0 Å². The van der Waals surface area contributed by atoms with E-state index in [9.17, 15) is 14.9 Å². The quantitative estimate of drug-likeness (QED) is 0.178. The number of rotatable bonds is 8. The largest absolute Gasteiger partial charge is 0.385 e. The van der Waals surface area contributed by atoms with Crippen LogP contribution < -0.4 is 5.56 Å². The minimum absolute atomic E-state index is 0.0483. The second-order valence-corrected chi connectivity index (χ2v) is 7.41. The Morgan fingerprint density at radius 2 is 2.07 bits per heavy atom. The fourth-order valence-corrected chi connectivity index (χ4v) is 3.99. The van der Waals surface area contributed by atoms with Crippen LogP contribution in [0.4, 0.5) is 5.69 Å². The molecule has 0 spiro atoms. The predicted octanol–water partition coefficient (Wildman–Crippen LogP) is 4.29. The van der Waals surface area contributed by atoms with Gasteiger partial charge in [-0.05, 0) is 24.6 Å². The Labute approximate surface area is 170 Å². The molecule has 0 saturated heterocycles. The number of ether oxygens (including phenoxy) is 1. The molecule has 3 rings (SSSR count). The van der Waals surface area contributed by atoms with Gasteiger partial charge in [-0.15, -0.1) is 0 Å². The maximum atomic E-state index is 13.0. The Morgan fingerprint density at radius 3 is 2.82 bits per heavy atom. The summed E-state index contributed by atoms with van der Waals surface area (Å²) in [6.45, 7) is 0.955. The molecule has 28 heavy (non-hydrogen) atoms. The van der Waals surface area contributed by atoms with Crippen molar-refractivity contribution in [3.05, 3.63) is 73.5 Å². The molecule has 0 amide bonds. The highest BCUT2D eigenvalue weighted by Crippen LogP contribution is 2.28. The van der Waals surface area contributed by atoms with Gasteiger partial charge in [-0.3, -0.25) is 19.5 Å². The topological polar surface area (TPSA) is 87.3 Å². The number of nitro groups is 1. The number of methoxy groups -OCH3 is 1. The molecule has 146 valence electrons. The first-order valence-corrected chi connectivity index (χ1v) is 9.91. The van der Waals surface area contributed by atoms with Gasteiger partial charge in [0.05, 0.1) is 15.8 Å². The molecule has 1 heterocycles. The van der Waals surface area contributed by atoms with E-state index in [1.54, 1.807) is 48.1 Å². The Bertz CT molecular complexity index is 1070.